The van der Waals surface area contributed by atoms with E-state index >= 15 is 0 Å². The van der Waals surface area contributed by atoms with Crippen molar-refractivity contribution in [2.24, 2.45) is 0 Å². The Kier molecular flexibility index (Phi) is 5.71. The highest BCUT2D eigenvalue weighted by atomic mass is 32.1. The van der Waals surface area contributed by atoms with Gasteiger partial charge >= 0.3 is 0 Å². The van der Waals surface area contributed by atoms with Crippen LogP contribution in [-0.4, -0.2) is 28.9 Å². The number of hydrogen-bond donors (Lipinski definition) is 1. The molecule has 1 fully saturated rings. The van der Waals surface area contributed by atoms with Crippen molar-refractivity contribution >= 4 is 23.0 Å². The van der Waals surface area contributed by atoms with Gasteiger partial charge in [0.05, 0.1) is 31.6 Å². The first kappa shape index (κ1) is 21.0. The molecule has 1 saturated heterocycles. The first-order valence-corrected chi connectivity index (χ1v) is 11.1. The first-order valence-electron chi connectivity index (χ1n) is 10.7. The maximum Gasteiger partial charge on any atom is 0.174 e. The van der Waals surface area contributed by atoms with Gasteiger partial charge in [0.15, 0.2) is 5.11 Å². The Morgan fingerprint density at radius 1 is 0.879 bits per heavy atom. The number of nitrogens with one attached hydrogen (secondary N) is 1. The van der Waals surface area contributed by atoms with E-state index in [1.54, 1.807) is 14.2 Å². The third-order valence-corrected chi connectivity index (χ3v) is 6.19. The minimum absolute atomic E-state index is 0.143. The number of pyridine rings is 1. The van der Waals surface area contributed by atoms with Crippen molar-refractivity contribution in [3.8, 4) is 17.2 Å². The van der Waals surface area contributed by atoms with Crippen molar-refractivity contribution in [3.05, 3.63) is 103 Å². The van der Waals surface area contributed by atoms with Gasteiger partial charge in [-0.1, -0.05) is 18.2 Å². The third kappa shape index (κ3) is 3.81. The van der Waals surface area contributed by atoms with Gasteiger partial charge in [-0.3, -0.25) is 4.98 Å². The van der Waals surface area contributed by atoms with Crippen LogP contribution in [0.1, 0.15) is 23.5 Å². The summed E-state index contributed by atoms with van der Waals surface area (Å²) >= 11 is 5.86. The van der Waals surface area contributed by atoms with Crippen molar-refractivity contribution < 1.29 is 9.47 Å². The van der Waals surface area contributed by atoms with E-state index < -0.39 is 0 Å². The number of para-hydroxylation sites is 2. The van der Waals surface area contributed by atoms with E-state index in [9.17, 15) is 0 Å². The molecule has 7 heteroatoms. The zero-order valence-electron chi connectivity index (χ0n) is 18.4. The second-order valence-electron chi connectivity index (χ2n) is 7.67. The molecule has 2 atom stereocenters. The second kappa shape index (κ2) is 8.96. The summed E-state index contributed by atoms with van der Waals surface area (Å²) in [7, 11) is 3.35. The third-order valence-electron chi connectivity index (χ3n) is 5.88. The van der Waals surface area contributed by atoms with Crippen molar-refractivity contribution in [3.63, 3.8) is 0 Å². The number of thiocarbonyl (C=S) groups is 1. The molecule has 4 aromatic rings. The van der Waals surface area contributed by atoms with Crippen LogP contribution in [0, 0.1) is 0 Å². The number of benzene rings is 2. The molecule has 0 saturated carbocycles. The van der Waals surface area contributed by atoms with Gasteiger partial charge in [-0.15, -0.1) is 0 Å². The molecule has 0 amide bonds. The van der Waals surface area contributed by atoms with Crippen molar-refractivity contribution in [1.29, 1.82) is 0 Å². The fourth-order valence-electron chi connectivity index (χ4n) is 4.36. The lowest BCUT2D eigenvalue weighted by atomic mass is 10.0. The molecule has 1 aliphatic heterocycles. The van der Waals surface area contributed by atoms with E-state index in [1.165, 1.54) is 0 Å². The Hall–Kier alpha value is -3.84. The second-order valence-corrected chi connectivity index (χ2v) is 8.06. The molecule has 1 aliphatic rings. The van der Waals surface area contributed by atoms with Crippen LogP contribution >= 0.6 is 12.2 Å². The van der Waals surface area contributed by atoms with E-state index in [4.69, 9.17) is 21.7 Å². The Labute approximate surface area is 198 Å². The van der Waals surface area contributed by atoms with E-state index in [1.807, 2.05) is 72.9 Å². The summed E-state index contributed by atoms with van der Waals surface area (Å²) in [6.45, 7) is 0. The smallest absolute Gasteiger partial charge is 0.174 e. The monoisotopic (exact) mass is 456 g/mol. The normalized spacial score (nSPS) is 17.6. The molecule has 6 nitrogen and oxygen atoms in total. The molecule has 0 bridgehead atoms. The Balaban J connectivity index is 1.67. The Morgan fingerprint density at radius 3 is 2.39 bits per heavy atom. The van der Waals surface area contributed by atoms with Gasteiger partial charge in [0.25, 0.3) is 0 Å². The number of ether oxygens (including phenoxy) is 2. The average molecular weight is 457 g/mol. The fourth-order valence-corrected chi connectivity index (χ4v) is 4.70. The zero-order chi connectivity index (χ0) is 22.8. The summed E-state index contributed by atoms with van der Waals surface area (Å²) in [6.07, 6.45) is 3.87. The molecule has 0 radical (unpaired) electrons. The molecule has 2 aromatic carbocycles. The van der Waals surface area contributed by atoms with Crippen LogP contribution in [0.15, 0.2) is 91.3 Å². The molecular formula is C26H24N4O2S. The molecular weight excluding hydrogens is 432 g/mol. The van der Waals surface area contributed by atoms with E-state index in [-0.39, 0.29) is 12.1 Å². The van der Waals surface area contributed by atoms with E-state index in [0.717, 1.165) is 34.3 Å². The topological polar surface area (TPSA) is 51.5 Å². The van der Waals surface area contributed by atoms with Crippen molar-refractivity contribution in [1.82, 2.24) is 14.9 Å². The summed E-state index contributed by atoms with van der Waals surface area (Å²) in [5.74, 6) is 1.58. The van der Waals surface area contributed by atoms with Gasteiger partial charge in [-0.05, 0) is 72.9 Å². The summed E-state index contributed by atoms with van der Waals surface area (Å²) < 4.78 is 13.2. The lowest BCUT2D eigenvalue weighted by Crippen LogP contribution is -2.30. The molecule has 0 spiro atoms. The van der Waals surface area contributed by atoms with E-state index in [2.05, 4.69) is 38.1 Å². The molecule has 2 unspecified atom stereocenters. The fraction of sp³-hybridized carbons (Fsp3) is 0.154. The van der Waals surface area contributed by atoms with Gasteiger partial charge in [-0.25, -0.2) is 0 Å². The number of methoxy groups -OCH3 is 2. The minimum atomic E-state index is -0.152. The summed E-state index contributed by atoms with van der Waals surface area (Å²) in [5, 5.41) is 4.14. The first-order chi connectivity index (χ1) is 16.2. The van der Waals surface area contributed by atoms with Crippen LogP contribution in [0.4, 0.5) is 5.69 Å². The highest BCUT2D eigenvalue weighted by Gasteiger charge is 2.43. The number of rotatable bonds is 6. The number of anilines is 1. The molecule has 0 aliphatic carbocycles. The molecule has 5 rings (SSSR count). The van der Waals surface area contributed by atoms with Crippen LogP contribution in [0.25, 0.3) is 5.69 Å². The standard InChI is InChI=1S/C26H24N4O2S/c1-31-19-14-12-18(13-15-19)29-17-7-10-22(29)25-24(20-8-5-6-16-27-20)28-26(33)30(25)21-9-3-4-11-23(21)32-2/h3-17,24-25H,1-2H3,(H,28,33). The lowest BCUT2D eigenvalue weighted by molar-refractivity contribution is 0.414. The van der Waals surface area contributed by atoms with Crippen LogP contribution in [0.2, 0.25) is 0 Å². The van der Waals surface area contributed by atoms with Crippen LogP contribution in [0.5, 0.6) is 11.5 Å². The number of hydrogen-bond acceptors (Lipinski definition) is 4. The van der Waals surface area contributed by atoms with Gasteiger partial charge in [-0.2, -0.15) is 0 Å². The number of nitrogens with zero attached hydrogens (tertiary/aromatic N) is 3. The minimum Gasteiger partial charge on any atom is -0.497 e. The SMILES string of the molecule is COc1ccc(-n2cccc2C2C(c3ccccn3)NC(=S)N2c2ccccc2OC)cc1. The van der Waals surface area contributed by atoms with Crippen molar-refractivity contribution in [2.75, 3.05) is 19.1 Å². The Morgan fingerprint density at radius 2 is 1.67 bits per heavy atom. The number of aromatic nitrogens is 2. The highest BCUT2D eigenvalue weighted by Crippen LogP contribution is 2.44. The maximum atomic E-state index is 5.86. The summed E-state index contributed by atoms with van der Waals surface area (Å²) in [5.41, 5.74) is 3.94. The largest absolute Gasteiger partial charge is 0.497 e. The predicted octanol–water partition coefficient (Wildman–Crippen LogP) is 5.07. The van der Waals surface area contributed by atoms with Gasteiger partial charge in [0.1, 0.15) is 17.5 Å². The molecule has 33 heavy (non-hydrogen) atoms. The Bertz CT molecular complexity index is 1260. The zero-order valence-corrected chi connectivity index (χ0v) is 19.2. The van der Waals surface area contributed by atoms with Crippen LogP contribution in [0.3, 0.4) is 0 Å². The summed E-state index contributed by atoms with van der Waals surface area (Å²) in [6, 6.07) is 25.8. The van der Waals surface area contributed by atoms with E-state index in [0.29, 0.717) is 5.11 Å². The van der Waals surface area contributed by atoms with Gasteiger partial charge < -0.3 is 24.3 Å². The average Bonchev–Trinajstić information content (AvgIpc) is 3.48. The lowest BCUT2D eigenvalue weighted by Gasteiger charge is -2.30. The quantitative estimate of drug-likeness (QED) is 0.409. The molecule has 1 N–H and O–H groups in total. The van der Waals surface area contributed by atoms with Gasteiger partial charge in [0, 0.05) is 23.8 Å². The molecule has 166 valence electrons. The van der Waals surface area contributed by atoms with Crippen LogP contribution < -0.4 is 19.7 Å². The highest BCUT2D eigenvalue weighted by molar-refractivity contribution is 7.80. The van der Waals surface area contributed by atoms with Crippen LogP contribution in [-0.2, 0) is 0 Å². The van der Waals surface area contributed by atoms with Crippen molar-refractivity contribution in [2.45, 2.75) is 12.1 Å². The summed E-state index contributed by atoms with van der Waals surface area (Å²) in [4.78, 5) is 6.77. The van der Waals surface area contributed by atoms with Gasteiger partial charge in [0.2, 0.25) is 0 Å². The molecule has 2 aromatic heterocycles. The molecule has 3 heterocycles. The predicted molar refractivity (Wildman–Crippen MR) is 133 cm³/mol. The maximum absolute atomic E-state index is 5.86.